The van der Waals surface area contributed by atoms with E-state index < -0.39 is 0 Å². The van der Waals surface area contributed by atoms with Crippen LogP contribution in [-0.2, 0) is 12.8 Å². The number of aryl methyl sites for hydroxylation is 1. The van der Waals surface area contributed by atoms with Crippen molar-refractivity contribution in [1.29, 1.82) is 0 Å². The van der Waals surface area contributed by atoms with Gasteiger partial charge in [0.2, 0.25) is 0 Å². The monoisotopic (exact) mass is 319 g/mol. The van der Waals surface area contributed by atoms with Gasteiger partial charge in [0.25, 0.3) is 0 Å². The molecule has 2 unspecified atom stereocenters. The Morgan fingerprint density at radius 2 is 2.19 bits per heavy atom. The molecule has 0 fully saturated rings. The van der Waals surface area contributed by atoms with Crippen LogP contribution < -0.4 is 5.32 Å². The van der Waals surface area contributed by atoms with Gasteiger partial charge in [-0.3, -0.25) is 0 Å². The standard InChI is InChI=1S/C16H21N3S2/c1-3-9-17-15-12-8-6-5-7-11(12)10-13(15)20-16-18-14(4-2)19-21-16/h5-8,13,15,17H,3-4,9-10H2,1-2H3. The molecule has 1 aromatic heterocycles. The van der Waals surface area contributed by atoms with Gasteiger partial charge in [-0.2, -0.15) is 4.37 Å². The predicted octanol–water partition coefficient (Wildman–Crippen LogP) is 3.86. The number of fused-ring (bicyclic) bond motifs is 1. The van der Waals surface area contributed by atoms with E-state index in [-0.39, 0.29) is 0 Å². The van der Waals surface area contributed by atoms with Crippen molar-refractivity contribution >= 4 is 23.3 Å². The fraction of sp³-hybridized carbons (Fsp3) is 0.500. The van der Waals surface area contributed by atoms with Gasteiger partial charge >= 0.3 is 0 Å². The Labute approximate surface area is 134 Å². The summed E-state index contributed by atoms with van der Waals surface area (Å²) in [5.41, 5.74) is 2.94. The van der Waals surface area contributed by atoms with Crippen LogP contribution in [0, 0.1) is 0 Å². The maximum atomic E-state index is 4.61. The number of benzene rings is 1. The lowest BCUT2D eigenvalue weighted by Gasteiger charge is -2.20. The predicted molar refractivity (Wildman–Crippen MR) is 90.1 cm³/mol. The third-order valence-electron chi connectivity index (χ3n) is 3.82. The quantitative estimate of drug-likeness (QED) is 0.877. The molecule has 1 aliphatic rings. The van der Waals surface area contributed by atoms with Gasteiger partial charge in [0.05, 0.1) is 0 Å². The second-order valence-electron chi connectivity index (χ2n) is 5.32. The van der Waals surface area contributed by atoms with E-state index in [9.17, 15) is 0 Å². The number of thioether (sulfide) groups is 1. The van der Waals surface area contributed by atoms with Crippen LogP contribution in [0.15, 0.2) is 28.6 Å². The molecule has 21 heavy (non-hydrogen) atoms. The first-order chi connectivity index (χ1) is 10.3. The van der Waals surface area contributed by atoms with E-state index >= 15 is 0 Å². The van der Waals surface area contributed by atoms with Crippen LogP contribution in [0.2, 0.25) is 0 Å². The van der Waals surface area contributed by atoms with Gasteiger partial charge in [-0.25, -0.2) is 4.98 Å². The van der Waals surface area contributed by atoms with Crippen molar-refractivity contribution in [3.63, 3.8) is 0 Å². The van der Waals surface area contributed by atoms with Gasteiger partial charge in [-0.15, -0.1) is 0 Å². The number of nitrogens with zero attached hydrogens (tertiary/aromatic N) is 2. The van der Waals surface area contributed by atoms with Gasteiger partial charge < -0.3 is 5.32 Å². The van der Waals surface area contributed by atoms with Crippen LogP contribution in [0.1, 0.15) is 43.3 Å². The first kappa shape index (κ1) is 15.0. The van der Waals surface area contributed by atoms with E-state index in [1.165, 1.54) is 22.7 Å². The maximum absolute atomic E-state index is 4.61. The summed E-state index contributed by atoms with van der Waals surface area (Å²) in [5.74, 6) is 0.969. The highest BCUT2D eigenvalue weighted by Gasteiger charge is 2.33. The molecule has 1 N–H and O–H groups in total. The van der Waals surface area contributed by atoms with Crippen LogP contribution in [0.25, 0.3) is 0 Å². The second kappa shape index (κ2) is 6.90. The minimum absolute atomic E-state index is 0.431. The van der Waals surface area contributed by atoms with E-state index in [4.69, 9.17) is 0 Å². The lowest BCUT2D eigenvalue weighted by atomic mass is 10.1. The number of rotatable bonds is 6. The zero-order valence-electron chi connectivity index (χ0n) is 12.5. The largest absolute Gasteiger partial charge is 0.309 e. The van der Waals surface area contributed by atoms with Crippen molar-refractivity contribution in [1.82, 2.24) is 14.7 Å². The van der Waals surface area contributed by atoms with Crippen molar-refractivity contribution in [3.8, 4) is 0 Å². The Balaban J connectivity index is 1.77. The molecule has 0 amide bonds. The fourth-order valence-corrected chi connectivity index (χ4v) is 4.98. The summed E-state index contributed by atoms with van der Waals surface area (Å²) < 4.78 is 5.51. The van der Waals surface area contributed by atoms with E-state index in [0.29, 0.717) is 11.3 Å². The SMILES string of the molecule is CCCNC1c2ccccc2CC1Sc1nc(CC)ns1. The highest BCUT2D eigenvalue weighted by atomic mass is 32.2. The zero-order chi connectivity index (χ0) is 14.7. The molecule has 0 radical (unpaired) electrons. The van der Waals surface area contributed by atoms with Crippen molar-refractivity contribution in [2.24, 2.45) is 0 Å². The minimum atomic E-state index is 0.431. The Morgan fingerprint density at radius 3 is 2.95 bits per heavy atom. The van der Waals surface area contributed by atoms with Crippen LogP contribution in [0.3, 0.4) is 0 Å². The number of aromatic nitrogens is 2. The molecule has 1 aromatic carbocycles. The highest BCUT2D eigenvalue weighted by molar-refractivity contribution is 8.01. The molecule has 3 nitrogen and oxygen atoms in total. The summed E-state index contributed by atoms with van der Waals surface area (Å²) in [6.45, 7) is 5.38. The molecule has 0 bridgehead atoms. The molecule has 1 heterocycles. The van der Waals surface area contributed by atoms with Crippen molar-refractivity contribution < 1.29 is 0 Å². The number of nitrogens with one attached hydrogen (secondary N) is 1. The third kappa shape index (κ3) is 3.30. The molecule has 112 valence electrons. The van der Waals surface area contributed by atoms with Crippen LogP contribution in [0.5, 0.6) is 0 Å². The Bertz CT molecular complexity index is 597. The van der Waals surface area contributed by atoms with Gasteiger partial charge in [0.1, 0.15) is 5.82 Å². The van der Waals surface area contributed by atoms with Gasteiger partial charge in [-0.1, -0.05) is 49.9 Å². The van der Waals surface area contributed by atoms with E-state index in [2.05, 4.69) is 52.8 Å². The molecule has 1 aliphatic carbocycles. The van der Waals surface area contributed by atoms with Crippen molar-refractivity contribution in [2.45, 2.75) is 48.7 Å². The highest BCUT2D eigenvalue weighted by Crippen LogP contribution is 2.41. The zero-order valence-corrected chi connectivity index (χ0v) is 14.1. The second-order valence-corrected chi connectivity index (χ2v) is 7.56. The topological polar surface area (TPSA) is 37.8 Å². The smallest absolute Gasteiger partial charge is 0.170 e. The van der Waals surface area contributed by atoms with Gasteiger partial charge in [0.15, 0.2) is 4.34 Å². The summed E-state index contributed by atoms with van der Waals surface area (Å²) >= 11 is 3.42. The van der Waals surface area contributed by atoms with E-state index in [0.717, 1.165) is 36.0 Å². The first-order valence-corrected chi connectivity index (χ1v) is 9.27. The molecule has 0 aliphatic heterocycles. The summed E-state index contributed by atoms with van der Waals surface area (Å²) in [6.07, 6.45) is 3.19. The summed E-state index contributed by atoms with van der Waals surface area (Å²) in [6, 6.07) is 9.24. The van der Waals surface area contributed by atoms with Gasteiger partial charge in [0, 0.05) is 17.7 Å². The number of hydrogen-bond acceptors (Lipinski definition) is 5. The molecular weight excluding hydrogens is 298 g/mol. The lowest BCUT2D eigenvalue weighted by Crippen LogP contribution is -2.27. The molecule has 0 spiro atoms. The van der Waals surface area contributed by atoms with Crippen LogP contribution in [-0.4, -0.2) is 21.2 Å². The van der Waals surface area contributed by atoms with Crippen LogP contribution in [0.4, 0.5) is 0 Å². The minimum Gasteiger partial charge on any atom is -0.309 e. The molecule has 0 saturated carbocycles. The Hall–Kier alpha value is -0.910. The van der Waals surface area contributed by atoms with E-state index in [1.807, 2.05) is 11.8 Å². The summed E-state index contributed by atoms with van der Waals surface area (Å²) in [5, 5.41) is 4.23. The Morgan fingerprint density at radius 1 is 1.33 bits per heavy atom. The third-order valence-corrected chi connectivity index (χ3v) is 5.91. The van der Waals surface area contributed by atoms with E-state index in [1.54, 1.807) is 0 Å². The molecule has 3 rings (SSSR count). The normalized spacial score (nSPS) is 20.7. The van der Waals surface area contributed by atoms with Gasteiger partial charge in [-0.05, 0) is 42.0 Å². The average molecular weight is 319 g/mol. The van der Waals surface area contributed by atoms with Crippen LogP contribution >= 0.6 is 23.3 Å². The molecular formula is C16H21N3S2. The molecule has 2 aromatic rings. The number of hydrogen-bond donors (Lipinski definition) is 1. The lowest BCUT2D eigenvalue weighted by molar-refractivity contribution is 0.539. The fourth-order valence-electron chi connectivity index (χ4n) is 2.77. The maximum Gasteiger partial charge on any atom is 0.170 e. The summed E-state index contributed by atoms with van der Waals surface area (Å²) in [4.78, 5) is 4.61. The van der Waals surface area contributed by atoms with Crippen molar-refractivity contribution in [2.75, 3.05) is 6.54 Å². The first-order valence-electron chi connectivity index (χ1n) is 7.62. The molecule has 5 heteroatoms. The Kier molecular flexibility index (Phi) is 4.93. The molecule has 0 saturated heterocycles. The average Bonchev–Trinajstić information content (AvgIpc) is 3.09. The molecule has 2 atom stereocenters. The van der Waals surface area contributed by atoms with Crippen molar-refractivity contribution in [3.05, 3.63) is 41.2 Å². The summed E-state index contributed by atoms with van der Waals surface area (Å²) in [7, 11) is 0.